The van der Waals surface area contributed by atoms with Crippen molar-refractivity contribution >= 4 is 0 Å². The van der Waals surface area contributed by atoms with Gasteiger partial charge in [0.2, 0.25) is 0 Å². The number of hydrogen-bond donors (Lipinski definition) is 1. The molecule has 0 bridgehead atoms. The molecule has 0 aromatic carbocycles. The van der Waals surface area contributed by atoms with Crippen LogP contribution in [0.3, 0.4) is 0 Å². The highest BCUT2D eigenvalue weighted by molar-refractivity contribution is 4.55. The van der Waals surface area contributed by atoms with E-state index in [-0.39, 0.29) is 12.3 Å². The van der Waals surface area contributed by atoms with E-state index in [1.165, 1.54) is 0 Å². The molecule has 0 aliphatic carbocycles. The van der Waals surface area contributed by atoms with Crippen molar-refractivity contribution in [3.63, 3.8) is 0 Å². The largest absolute Gasteiger partial charge is 0.354 e. The molecule has 8 heavy (non-hydrogen) atoms. The van der Waals surface area contributed by atoms with Crippen LogP contribution in [-0.2, 0) is 9.47 Å². The van der Waals surface area contributed by atoms with Crippen LogP contribution in [0.25, 0.3) is 0 Å². The number of methoxy groups -OCH3 is 2. The summed E-state index contributed by atoms with van der Waals surface area (Å²) in [6.45, 7) is 1.83. The van der Waals surface area contributed by atoms with Gasteiger partial charge >= 0.3 is 0 Å². The topological polar surface area (TPSA) is 44.5 Å². The SMILES string of the molecule is COC(OC)[C@H](C)N. The van der Waals surface area contributed by atoms with E-state index in [4.69, 9.17) is 15.2 Å². The van der Waals surface area contributed by atoms with Crippen LogP contribution in [-0.4, -0.2) is 26.6 Å². The molecule has 0 saturated carbocycles. The third kappa shape index (κ3) is 2.26. The lowest BCUT2D eigenvalue weighted by Crippen LogP contribution is -2.34. The minimum absolute atomic E-state index is 0.0648. The van der Waals surface area contributed by atoms with Gasteiger partial charge in [0, 0.05) is 14.2 Å². The van der Waals surface area contributed by atoms with Gasteiger partial charge in [0.1, 0.15) is 0 Å². The van der Waals surface area contributed by atoms with Crippen LogP contribution >= 0.6 is 0 Å². The highest BCUT2D eigenvalue weighted by atomic mass is 16.7. The predicted molar refractivity (Wildman–Crippen MR) is 31.5 cm³/mol. The highest BCUT2D eigenvalue weighted by Crippen LogP contribution is 1.93. The quantitative estimate of drug-likeness (QED) is 0.530. The summed E-state index contributed by atoms with van der Waals surface area (Å²) in [7, 11) is 3.13. The molecule has 0 unspecified atom stereocenters. The predicted octanol–water partition coefficient (Wildman–Crippen LogP) is -0.0475. The summed E-state index contributed by atoms with van der Waals surface area (Å²) in [5, 5.41) is 0. The van der Waals surface area contributed by atoms with Gasteiger partial charge in [0.15, 0.2) is 6.29 Å². The molecule has 0 saturated heterocycles. The van der Waals surface area contributed by atoms with Crippen molar-refractivity contribution in [1.82, 2.24) is 0 Å². The second-order valence-electron chi connectivity index (χ2n) is 1.70. The maximum absolute atomic E-state index is 5.41. The molecule has 0 aliphatic heterocycles. The lowest BCUT2D eigenvalue weighted by atomic mass is 10.3. The Morgan fingerprint density at radius 2 is 1.62 bits per heavy atom. The number of nitrogens with two attached hydrogens (primary N) is 1. The zero-order valence-electron chi connectivity index (χ0n) is 5.55. The Kier molecular flexibility index (Phi) is 3.77. The van der Waals surface area contributed by atoms with Crippen molar-refractivity contribution < 1.29 is 9.47 Å². The first-order chi connectivity index (χ1) is 3.72. The van der Waals surface area contributed by atoms with Crippen LogP contribution < -0.4 is 5.73 Å². The summed E-state index contributed by atoms with van der Waals surface area (Å²) in [6.07, 6.45) is -0.269. The van der Waals surface area contributed by atoms with Crippen molar-refractivity contribution in [1.29, 1.82) is 0 Å². The first-order valence-electron chi connectivity index (χ1n) is 2.53. The van der Waals surface area contributed by atoms with Crippen molar-refractivity contribution in [2.75, 3.05) is 14.2 Å². The molecule has 0 spiro atoms. The molecule has 0 fully saturated rings. The van der Waals surface area contributed by atoms with Gasteiger partial charge in [0.05, 0.1) is 6.04 Å². The summed E-state index contributed by atoms with van der Waals surface area (Å²) in [5.41, 5.74) is 5.41. The van der Waals surface area contributed by atoms with Crippen LogP contribution in [0.5, 0.6) is 0 Å². The second-order valence-corrected chi connectivity index (χ2v) is 1.70. The van der Waals surface area contributed by atoms with Gasteiger partial charge < -0.3 is 15.2 Å². The van der Waals surface area contributed by atoms with E-state index in [1.54, 1.807) is 14.2 Å². The van der Waals surface area contributed by atoms with E-state index in [0.29, 0.717) is 0 Å². The monoisotopic (exact) mass is 119 g/mol. The first kappa shape index (κ1) is 7.88. The fourth-order valence-electron chi connectivity index (χ4n) is 0.526. The van der Waals surface area contributed by atoms with E-state index >= 15 is 0 Å². The van der Waals surface area contributed by atoms with E-state index in [1.807, 2.05) is 6.92 Å². The molecular formula is C5H13NO2. The average molecular weight is 119 g/mol. The number of hydrogen-bond acceptors (Lipinski definition) is 3. The van der Waals surface area contributed by atoms with Crippen LogP contribution in [0.15, 0.2) is 0 Å². The van der Waals surface area contributed by atoms with Gasteiger partial charge in [-0.25, -0.2) is 0 Å². The molecule has 1 atom stereocenters. The third-order valence-electron chi connectivity index (χ3n) is 0.894. The van der Waals surface area contributed by atoms with E-state index in [9.17, 15) is 0 Å². The maximum Gasteiger partial charge on any atom is 0.171 e. The first-order valence-corrected chi connectivity index (χ1v) is 2.53. The van der Waals surface area contributed by atoms with Crippen molar-refractivity contribution in [2.45, 2.75) is 19.3 Å². The Labute approximate surface area is 49.8 Å². The van der Waals surface area contributed by atoms with Crippen molar-refractivity contribution in [3.05, 3.63) is 0 Å². The lowest BCUT2D eigenvalue weighted by molar-refractivity contribution is -0.112. The molecule has 2 N–H and O–H groups in total. The molecular weight excluding hydrogens is 106 g/mol. The van der Waals surface area contributed by atoms with Gasteiger partial charge in [-0.3, -0.25) is 0 Å². The van der Waals surface area contributed by atoms with E-state index in [0.717, 1.165) is 0 Å². The smallest absolute Gasteiger partial charge is 0.171 e. The Hall–Kier alpha value is -0.120. The fourth-order valence-corrected chi connectivity index (χ4v) is 0.526. The number of rotatable bonds is 3. The van der Waals surface area contributed by atoms with Gasteiger partial charge in [-0.05, 0) is 6.92 Å². The molecule has 0 radical (unpaired) electrons. The summed E-state index contributed by atoms with van der Waals surface area (Å²) in [6, 6.07) is -0.0648. The Morgan fingerprint density at radius 3 is 1.62 bits per heavy atom. The molecule has 0 aromatic heterocycles. The standard InChI is InChI=1S/C5H13NO2/c1-4(6)5(7-2)8-3/h4-5H,6H2,1-3H3/t4-/m0/s1. The van der Waals surface area contributed by atoms with Gasteiger partial charge in [0.25, 0.3) is 0 Å². The molecule has 0 amide bonds. The Morgan fingerprint density at radius 1 is 1.25 bits per heavy atom. The molecule has 3 nitrogen and oxygen atoms in total. The van der Waals surface area contributed by atoms with Gasteiger partial charge in [-0.1, -0.05) is 0 Å². The Balaban J connectivity index is 3.35. The van der Waals surface area contributed by atoms with Crippen LogP contribution in [0, 0.1) is 0 Å². The molecule has 0 aromatic rings. The zero-order valence-corrected chi connectivity index (χ0v) is 5.55. The molecule has 0 heterocycles. The maximum atomic E-state index is 5.41. The zero-order chi connectivity index (χ0) is 6.57. The minimum Gasteiger partial charge on any atom is -0.354 e. The minimum atomic E-state index is -0.269. The van der Waals surface area contributed by atoms with Gasteiger partial charge in [-0.2, -0.15) is 0 Å². The molecule has 0 rings (SSSR count). The summed E-state index contributed by atoms with van der Waals surface area (Å²) >= 11 is 0. The van der Waals surface area contributed by atoms with Crippen LogP contribution in [0.1, 0.15) is 6.92 Å². The second kappa shape index (κ2) is 3.83. The van der Waals surface area contributed by atoms with Crippen molar-refractivity contribution in [3.8, 4) is 0 Å². The summed E-state index contributed by atoms with van der Waals surface area (Å²) in [5.74, 6) is 0. The molecule has 0 aliphatic rings. The van der Waals surface area contributed by atoms with Crippen LogP contribution in [0.2, 0.25) is 0 Å². The summed E-state index contributed by atoms with van der Waals surface area (Å²) in [4.78, 5) is 0. The third-order valence-corrected chi connectivity index (χ3v) is 0.894. The van der Waals surface area contributed by atoms with E-state index in [2.05, 4.69) is 0 Å². The lowest BCUT2D eigenvalue weighted by Gasteiger charge is -2.15. The molecule has 50 valence electrons. The van der Waals surface area contributed by atoms with E-state index < -0.39 is 0 Å². The highest BCUT2D eigenvalue weighted by Gasteiger charge is 2.08. The molecule has 3 heteroatoms. The van der Waals surface area contributed by atoms with Crippen molar-refractivity contribution in [2.24, 2.45) is 5.73 Å². The van der Waals surface area contributed by atoms with Gasteiger partial charge in [-0.15, -0.1) is 0 Å². The normalized spacial score (nSPS) is 14.6. The Bertz CT molecular complexity index is 52.4. The fraction of sp³-hybridized carbons (Fsp3) is 1.00. The average Bonchev–Trinajstić information content (AvgIpc) is 1.69. The van der Waals surface area contributed by atoms with Crippen LogP contribution in [0.4, 0.5) is 0 Å². The summed E-state index contributed by atoms with van der Waals surface area (Å²) < 4.78 is 9.63. The number of ether oxygens (including phenoxy) is 2.